The van der Waals surface area contributed by atoms with Crippen molar-refractivity contribution in [3.05, 3.63) is 18.0 Å². The highest BCUT2D eigenvalue weighted by atomic mass is 16.5. The second-order valence-corrected chi connectivity index (χ2v) is 3.42. The van der Waals surface area contributed by atoms with Crippen molar-refractivity contribution in [1.29, 1.82) is 5.26 Å². The maximum Gasteiger partial charge on any atom is 0.317 e. The van der Waals surface area contributed by atoms with Gasteiger partial charge >= 0.3 is 6.01 Å². The Morgan fingerprint density at radius 3 is 3.27 bits per heavy atom. The highest BCUT2D eigenvalue weighted by Gasteiger charge is 2.15. The lowest BCUT2D eigenvalue weighted by Gasteiger charge is -2.22. The first-order chi connectivity index (χ1) is 7.38. The summed E-state index contributed by atoms with van der Waals surface area (Å²) in [5.74, 6) is 0. The number of piperidine rings is 1. The maximum absolute atomic E-state index is 8.66. The lowest BCUT2D eigenvalue weighted by molar-refractivity contribution is 0.153. The lowest BCUT2D eigenvalue weighted by Crippen LogP contribution is -2.37. The van der Waals surface area contributed by atoms with E-state index < -0.39 is 0 Å². The molecule has 1 fully saturated rings. The van der Waals surface area contributed by atoms with Crippen LogP contribution in [0.3, 0.4) is 0 Å². The van der Waals surface area contributed by atoms with Crippen molar-refractivity contribution in [3.8, 4) is 12.1 Å². The number of nitriles is 1. The van der Waals surface area contributed by atoms with Gasteiger partial charge in [-0.05, 0) is 25.5 Å². The van der Waals surface area contributed by atoms with E-state index in [9.17, 15) is 0 Å². The molecule has 0 bridgehead atoms. The summed E-state index contributed by atoms with van der Waals surface area (Å²) in [6.07, 6.45) is 3.76. The normalized spacial score (nSPS) is 20.6. The third-order valence-corrected chi connectivity index (χ3v) is 2.27. The molecule has 5 nitrogen and oxygen atoms in total. The van der Waals surface area contributed by atoms with Gasteiger partial charge in [-0.1, -0.05) is 0 Å². The molecular weight excluding hydrogens is 192 g/mol. The van der Waals surface area contributed by atoms with Crippen LogP contribution in [0, 0.1) is 11.3 Å². The Labute approximate surface area is 88.1 Å². The Hall–Kier alpha value is -1.67. The summed E-state index contributed by atoms with van der Waals surface area (Å²) in [6, 6.07) is 3.81. The van der Waals surface area contributed by atoms with Crippen molar-refractivity contribution in [3.63, 3.8) is 0 Å². The van der Waals surface area contributed by atoms with E-state index in [4.69, 9.17) is 10.00 Å². The molecule has 0 aliphatic carbocycles. The van der Waals surface area contributed by atoms with Gasteiger partial charge in [0, 0.05) is 12.7 Å². The van der Waals surface area contributed by atoms with Crippen LogP contribution < -0.4 is 10.1 Å². The average molecular weight is 204 g/mol. The maximum atomic E-state index is 8.66. The molecule has 1 N–H and O–H groups in total. The van der Waals surface area contributed by atoms with Crippen LogP contribution in [0.15, 0.2) is 12.3 Å². The Balaban J connectivity index is 2.00. The zero-order valence-corrected chi connectivity index (χ0v) is 8.31. The topological polar surface area (TPSA) is 70.8 Å². The molecule has 1 aliphatic heterocycles. The van der Waals surface area contributed by atoms with Crippen molar-refractivity contribution in [1.82, 2.24) is 15.3 Å². The Morgan fingerprint density at radius 2 is 2.53 bits per heavy atom. The third kappa shape index (κ3) is 2.64. The number of nitrogens with zero attached hydrogens (tertiary/aromatic N) is 3. The van der Waals surface area contributed by atoms with Crippen LogP contribution in [0.5, 0.6) is 6.01 Å². The minimum atomic E-state index is 0.118. The van der Waals surface area contributed by atoms with E-state index in [-0.39, 0.29) is 6.10 Å². The van der Waals surface area contributed by atoms with Gasteiger partial charge in [0.05, 0.1) is 0 Å². The van der Waals surface area contributed by atoms with E-state index in [0.29, 0.717) is 11.7 Å². The summed E-state index contributed by atoms with van der Waals surface area (Å²) in [7, 11) is 0. The molecule has 0 unspecified atom stereocenters. The van der Waals surface area contributed by atoms with E-state index >= 15 is 0 Å². The second kappa shape index (κ2) is 4.71. The summed E-state index contributed by atoms with van der Waals surface area (Å²) in [6.45, 7) is 1.86. The highest BCUT2D eigenvalue weighted by Crippen LogP contribution is 2.10. The van der Waals surface area contributed by atoms with Gasteiger partial charge in [0.1, 0.15) is 17.9 Å². The molecule has 1 aromatic heterocycles. The molecule has 0 amide bonds. The molecule has 15 heavy (non-hydrogen) atoms. The van der Waals surface area contributed by atoms with Crippen molar-refractivity contribution in [2.24, 2.45) is 0 Å². The first-order valence-corrected chi connectivity index (χ1v) is 4.99. The third-order valence-electron chi connectivity index (χ3n) is 2.27. The van der Waals surface area contributed by atoms with Crippen LogP contribution in [-0.2, 0) is 0 Å². The molecule has 2 heterocycles. The van der Waals surface area contributed by atoms with Crippen molar-refractivity contribution in [2.75, 3.05) is 13.1 Å². The number of hydrogen-bond donors (Lipinski definition) is 1. The Kier molecular flexibility index (Phi) is 3.10. The van der Waals surface area contributed by atoms with Gasteiger partial charge in [-0.2, -0.15) is 10.2 Å². The predicted molar refractivity (Wildman–Crippen MR) is 53.3 cm³/mol. The van der Waals surface area contributed by atoms with Gasteiger partial charge in [0.15, 0.2) is 0 Å². The van der Waals surface area contributed by atoms with Gasteiger partial charge < -0.3 is 10.1 Å². The van der Waals surface area contributed by atoms with E-state index in [0.717, 1.165) is 25.9 Å². The van der Waals surface area contributed by atoms with E-state index in [1.54, 1.807) is 6.07 Å². The summed E-state index contributed by atoms with van der Waals surface area (Å²) in [5, 5.41) is 11.9. The van der Waals surface area contributed by atoms with Gasteiger partial charge in [-0.25, -0.2) is 4.98 Å². The summed E-state index contributed by atoms with van der Waals surface area (Å²) in [5.41, 5.74) is 0.337. The Morgan fingerprint density at radius 1 is 1.60 bits per heavy atom. The largest absolute Gasteiger partial charge is 0.459 e. The molecule has 1 aromatic rings. The molecule has 1 atom stereocenters. The van der Waals surface area contributed by atoms with E-state index in [1.807, 2.05) is 6.07 Å². The fraction of sp³-hybridized carbons (Fsp3) is 0.500. The van der Waals surface area contributed by atoms with Crippen molar-refractivity contribution < 1.29 is 4.74 Å². The zero-order chi connectivity index (χ0) is 10.5. The van der Waals surface area contributed by atoms with E-state index in [1.165, 1.54) is 6.20 Å². The number of aromatic nitrogens is 2. The summed E-state index contributed by atoms with van der Waals surface area (Å²) < 4.78 is 5.56. The number of nitrogens with one attached hydrogen (secondary N) is 1. The van der Waals surface area contributed by atoms with Crippen LogP contribution in [0.2, 0.25) is 0 Å². The standard InChI is InChI=1S/C10H12N4O/c11-6-8-3-5-13-10(14-8)15-9-2-1-4-12-7-9/h3,5,9,12H,1-2,4,7H2/t9-/m0/s1. The smallest absolute Gasteiger partial charge is 0.317 e. The minimum absolute atomic E-state index is 0.118. The minimum Gasteiger partial charge on any atom is -0.459 e. The van der Waals surface area contributed by atoms with Crippen molar-refractivity contribution >= 4 is 0 Å². The second-order valence-electron chi connectivity index (χ2n) is 3.42. The van der Waals surface area contributed by atoms with Gasteiger partial charge in [0.25, 0.3) is 0 Å². The highest BCUT2D eigenvalue weighted by molar-refractivity contribution is 5.19. The fourth-order valence-electron chi connectivity index (χ4n) is 1.53. The van der Waals surface area contributed by atoms with Crippen LogP contribution in [0.1, 0.15) is 18.5 Å². The summed E-state index contributed by atoms with van der Waals surface area (Å²) in [4.78, 5) is 7.93. The van der Waals surface area contributed by atoms with Gasteiger partial charge in [-0.15, -0.1) is 0 Å². The first kappa shape index (κ1) is 9.87. The van der Waals surface area contributed by atoms with Crippen LogP contribution in [0.4, 0.5) is 0 Å². The van der Waals surface area contributed by atoms with Crippen LogP contribution in [0.25, 0.3) is 0 Å². The monoisotopic (exact) mass is 204 g/mol. The molecule has 1 aliphatic rings. The molecule has 0 saturated carbocycles. The molecule has 1 saturated heterocycles. The molecule has 0 spiro atoms. The van der Waals surface area contributed by atoms with Gasteiger partial charge in [0.2, 0.25) is 0 Å². The van der Waals surface area contributed by atoms with Gasteiger partial charge in [-0.3, -0.25) is 0 Å². The fourth-order valence-corrected chi connectivity index (χ4v) is 1.53. The quantitative estimate of drug-likeness (QED) is 0.758. The Bertz CT molecular complexity index is 368. The average Bonchev–Trinajstić information content (AvgIpc) is 2.31. The number of hydrogen-bond acceptors (Lipinski definition) is 5. The molecule has 78 valence electrons. The molecule has 2 rings (SSSR count). The zero-order valence-electron chi connectivity index (χ0n) is 8.31. The summed E-state index contributed by atoms with van der Waals surface area (Å²) >= 11 is 0. The molecule has 0 aromatic carbocycles. The molecule has 0 radical (unpaired) electrons. The number of rotatable bonds is 2. The van der Waals surface area contributed by atoms with Crippen LogP contribution >= 0.6 is 0 Å². The predicted octanol–water partition coefficient (Wildman–Crippen LogP) is 0.479. The van der Waals surface area contributed by atoms with Crippen molar-refractivity contribution in [2.45, 2.75) is 18.9 Å². The molecule has 5 heteroatoms. The lowest BCUT2D eigenvalue weighted by atomic mass is 10.1. The van der Waals surface area contributed by atoms with E-state index in [2.05, 4.69) is 15.3 Å². The SMILES string of the molecule is N#Cc1ccnc(O[C@H]2CCCNC2)n1. The molecular formula is C10H12N4O. The first-order valence-electron chi connectivity index (χ1n) is 4.99. The number of ether oxygens (including phenoxy) is 1. The van der Waals surface area contributed by atoms with Crippen LogP contribution in [-0.4, -0.2) is 29.2 Å².